The van der Waals surface area contributed by atoms with E-state index in [2.05, 4.69) is 46.2 Å². The number of nitrogens with zero attached hydrogens (tertiary/aromatic N) is 4. The van der Waals surface area contributed by atoms with Crippen molar-refractivity contribution < 1.29 is 9.47 Å². The molecule has 24 unspecified atom stereocenters. The van der Waals surface area contributed by atoms with Crippen molar-refractivity contribution in [3.05, 3.63) is 0 Å². The Morgan fingerprint density at radius 3 is 1.01 bits per heavy atom. The summed E-state index contributed by atoms with van der Waals surface area (Å²) in [5.41, 5.74) is 0. The third-order valence-electron chi connectivity index (χ3n) is 28.0. The van der Waals surface area contributed by atoms with Gasteiger partial charge in [0.25, 0.3) is 0 Å². The zero-order chi connectivity index (χ0) is 49.6. The molecule has 11 heteroatoms. The van der Waals surface area contributed by atoms with E-state index in [-0.39, 0.29) is 24.9 Å². The number of nitrogens with one attached hydrogen (secondary N) is 5. The number of hydrogen-bond donors (Lipinski definition) is 5. The fraction of sp³-hybridized carbons (Fsp3) is 1.00. The average Bonchev–Trinajstić information content (AvgIpc) is 4.41. The molecular weight excluding hydrogens is 939 g/mol. The minimum Gasteiger partial charge on any atom is -0.343 e. The maximum Gasteiger partial charge on any atom is 0.127 e. The van der Waals surface area contributed by atoms with Crippen molar-refractivity contribution in [1.82, 2.24) is 46.2 Å². The van der Waals surface area contributed by atoms with E-state index in [1.54, 1.807) is 25.7 Å². The smallest absolute Gasteiger partial charge is 0.127 e. The van der Waals surface area contributed by atoms with Crippen molar-refractivity contribution in [2.24, 2.45) is 59.2 Å². The van der Waals surface area contributed by atoms with Gasteiger partial charge in [0.05, 0.1) is 12.1 Å². The molecule has 8 saturated carbocycles. The van der Waals surface area contributed by atoms with Gasteiger partial charge in [0.2, 0.25) is 0 Å². The summed E-state index contributed by atoms with van der Waals surface area (Å²) < 4.78 is 14.1. The van der Waals surface area contributed by atoms with E-state index >= 15 is 0 Å². The molecular formula is C65H107N9O2. The average molecular weight is 1050 g/mol. The second kappa shape index (κ2) is 20.7. The summed E-state index contributed by atoms with van der Waals surface area (Å²) in [7, 11) is 0. The monoisotopic (exact) mass is 1050 g/mol. The Balaban J connectivity index is 0.493. The lowest BCUT2D eigenvalue weighted by Crippen LogP contribution is -2.58. The van der Waals surface area contributed by atoms with Crippen LogP contribution in [0.4, 0.5) is 0 Å². The molecule has 424 valence electrons. The molecule has 0 radical (unpaired) electrons. The Morgan fingerprint density at radius 1 is 0.263 bits per heavy atom. The fourth-order valence-electron chi connectivity index (χ4n) is 25.3. The van der Waals surface area contributed by atoms with Gasteiger partial charge in [-0.05, 0) is 246 Å². The van der Waals surface area contributed by atoms with Crippen LogP contribution in [-0.4, -0.2) is 155 Å². The first-order valence-corrected chi connectivity index (χ1v) is 34.8. The molecule has 17 fully saturated rings. The van der Waals surface area contributed by atoms with Gasteiger partial charge in [-0.15, -0.1) is 0 Å². The van der Waals surface area contributed by atoms with Crippen LogP contribution in [0.15, 0.2) is 0 Å². The normalized spacial score (nSPS) is 56.5. The molecule has 0 aromatic rings. The highest BCUT2D eigenvalue weighted by molar-refractivity contribution is 5.14. The number of hydrogen-bond acceptors (Lipinski definition) is 11. The first kappa shape index (κ1) is 50.1. The van der Waals surface area contributed by atoms with Gasteiger partial charge in [-0.3, -0.25) is 35.6 Å². The molecule has 8 aliphatic carbocycles. The first-order chi connectivity index (χ1) is 37.7. The van der Waals surface area contributed by atoms with Gasteiger partial charge in [-0.1, -0.05) is 51.4 Å². The van der Waals surface area contributed by atoms with Crippen LogP contribution in [0.1, 0.15) is 212 Å². The molecule has 11 nitrogen and oxygen atoms in total. The summed E-state index contributed by atoms with van der Waals surface area (Å²) in [6.07, 6.45) is 48.2. The Kier molecular flexibility index (Phi) is 13.7. The van der Waals surface area contributed by atoms with Crippen LogP contribution in [-0.2, 0) is 9.47 Å². The Morgan fingerprint density at radius 2 is 0.605 bits per heavy atom. The number of likely N-dealkylation sites (tertiary alicyclic amines) is 4. The highest BCUT2D eigenvalue weighted by atomic mass is 16.6. The van der Waals surface area contributed by atoms with Crippen LogP contribution in [0.3, 0.4) is 0 Å². The highest BCUT2D eigenvalue weighted by Gasteiger charge is 2.61. The number of piperidine rings is 3. The van der Waals surface area contributed by atoms with Crippen molar-refractivity contribution in [1.29, 1.82) is 0 Å². The van der Waals surface area contributed by atoms with Crippen LogP contribution in [0.2, 0.25) is 0 Å². The van der Waals surface area contributed by atoms with Crippen molar-refractivity contribution >= 4 is 0 Å². The van der Waals surface area contributed by atoms with Gasteiger partial charge in [0.15, 0.2) is 0 Å². The number of fused-ring (bicyclic) bond motifs is 14. The van der Waals surface area contributed by atoms with Crippen molar-refractivity contribution in [3.8, 4) is 0 Å². The molecule has 9 aliphatic heterocycles. The summed E-state index contributed by atoms with van der Waals surface area (Å²) in [6.45, 7) is 5.01. The molecule has 5 N–H and O–H groups in total. The van der Waals surface area contributed by atoms with Crippen LogP contribution in [0.25, 0.3) is 0 Å². The lowest BCUT2D eigenvalue weighted by atomic mass is 9.73. The van der Waals surface area contributed by atoms with Crippen LogP contribution in [0.5, 0.6) is 0 Å². The molecule has 9 heterocycles. The second-order valence-corrected chi connectivity index (χ2v) is 30.7. The van der Waals surface area contributed by atoms with E-state index in [4.69, 9.17) is 9.47 Å². The Bertz CT molecular complexity index is 1830. The van der Waals surface area contributed by atoms with E-state index in [0.717, 1.165) is 126 Å². The predicted molar refractivity (Wildman–Crippen MR) is 300 cm³/mol. The summed E-state index contributed by atoms with van der Waals surface area (Å²) in [5, 5.41) is 20.1. The van der Waals surface area contributed by atoms with Gasteiger partial charge in [-0.25, -0.2) is 0 Å². The summed E-state index contributed by atoms with van der Waals surface area (Å²) in [5.74, 6) is 8.91. The third-order valence-corrected chi connectivity index (χ3v) is 28.0. The second-order valence-electron chi connectivity index (χ2n) is 30.7. The lowest BCUT2D eigenvalue weighted by Gasteiger charge is -2.47. The summed E-state index contributed by atoms with van der Waals surface area (Å²) >= 11 is 0. The minimum atomic E-state index is 0.0726. The topological polar surface area (TPSA) is 91.6 Å². The molecule has 17 rings (SSSR count). The van der Waals surface area contributed by atoms with Gasteiger partial charge < -0.3 is 20.1 Å². The van der Waals surface area contributed by atoms with Crippen molar-refractivity contribution in [2.45, 2.75) is 321 Å². The molecule has 0 amide bonds. The van der Waals surface area contributed by atoms with E-state index in [1.165, 1.54) is 206 Å². The molecule has 0 spiro atoms. The van der Waals surface area contributed by atoms with Crippen molar-refractivity contribution in [2.75, 3.05) is 26.2 Å². The SMILES string of the molecule is C1CCC2C(C1)C1CCCCC1N2C1CCC2C(C1)C1CNCCC1N2C1CCC(C2NC3CC4NC(C5CCC(N6C7CCNCC7C7CC(N8C9CCCCC9C9CCCCC98)CCC76)CC5)OC4NC3O2)CC1. The molecule has 17 aliphatic rings. The largest absolute Gasteiger partial charge is 0.343 e. The lowest BCUT2D eigenvalue weighted by molar-refractivity contribution is -0.0875. The minimum absolute atomic E-state index is 0.0726. The van der Waals surface area contributed by atoms with E-state index in [0.29, 0.717) is 23.9 Å². The van der Waals surface area contributed by atoms with Gasteiger partial charge >= 0.3 is 0 Å². The molecule has 0 bridgehead atoms. The highest BCUT2D eigenvalue weighted by Crippen LogP contribution is 2.57. The van der Waals surface area contributed by atoms with Gasteiger partial charge in [-0.2, -0.15) is 0 Å². The number of ether oxygens (including phenoxy) is 2. The molecule has 24 atom stereocenters. The van der Waals surface area contributed by atoms with Crippen LogP contribution < -0.4 is 26.6 Å². The van der Waals surface area contributed by atoms with Gasteiger partial charge in [0.1, 0.15) is 24.9 Å². The molecule has 0 aromatic carbocycles. The predicted octanol–water partition coefficient (Wildman–Crippen LogP) is 8.91. The summed E-state index contributed by atoms with van der Waals surface area (Å²) in [4.78, 5) is 13.0. The molecule has 9 saturated heterocycles. The molecule has 76 heavy (non-hydrogen) atoms. The van der Waals surface area contributed by atoms with E-state index < -0.39 is 0 Å². The third kappa shape index (κ3) is 8.33. The number of rotatable bonds is 6. The maximum absolute atomic E-state index is 7.03. The van der Waals surface area contributed by atoms with Crippen LogP contribution >= 0.6 is 0 Å². The zero-order valence-electron chi connectivity index (χ0n) is 47.4. The Hall–Kier alpha value is -0.440. The van der Waals surface area contributed by atoms with E-state index in [9.17, 15) is 0 Å². The van der Waals surface area contributed by atoms with Gasteiger partial charge in [0, 0.05) is 72.5 Å². The van der Waals surface area contributed by atoms with Crippen molar-refractivity contribution in [3.63, 3.8) is 0 Å². The molecule has 0 aromatic heterocycles. The Labute approximate surface area is 460 Å². The summed E-state index contributed by atoms with van der Waals surface area (Å²) in [6, 6.07) is 11.0. The van der Waals surface area contributed by atoms with E-state index in [1.807, 2.05) is 0 Å². The fourth-order valence-corrected chi connectivity index (χ4v) is 25.3. The zero-order valence-corrected chi connectivity index (χ0v) is 47.4. The standard InChI is InChI=1S/C65H107N9O2/c1-5-13-54-44(9-1)45-10-2-6-14-55(45)73(54)42-25-27-58-48(33-42)50-36-66-31-29-60(50)71(58)40-21-17-38(18-22-40)62-68-52-35-53-65(70-64(52)75-62)76-63(69-53)39-19-23-41(24-20-39)72-59-28-26-43(34-49(59)51-37-67-32-30-61(51)72)74-56-15-7-3-11-46(56)47-12-4-8-16-57(47)74/h38-70H,1-37H2. The first-order valence-electron chi connectivity index (χ1n) is 34.8. The quantitative estimate of drug-likeness (QED) is 0.177. The maximum atomic E-state index is 7.03. The van der Waals surface area contributed by atoms with Crippen LogP contribution in [0, 0.1) is 59.2 Å².